The predicted octanol–water partition coefficient (Wildman–Crippen LogP) is 0.708. The largest absolute Gasteiger partial charge is 0.480 e. The van der Waals surface area contributed by atoms with Gasteiger partial charge in [-0.2, -0.15) is 5.10 Å². The Morgan fingerprint density at radius 3 is 2.83 bits per heavy atom. The topological polar surface area (TPSA) is 105 Å². The third kappa shape index (κ3) is 2.17. The van der Waals surface area contributed by atoms with Crippen LogP contribution in [-0.4, -0.2) is 54.5 Å². The number of amides is 1. The highest BCUT2D eigenvalue weighted by molar-refractivity contribution is 6.04. The summed E-state index contributed by atoms with van der Waals surface area (Å²) in [6.45, 7) is 1.33. The Bertz CT molecular complexity index is 874. The van der Waals surface area contributed by atoms with Crippen LogP contribution >= 0.6 is 0 Å². The first-order chi connectivity index (χ1) is 11.5. The van der Waals surface area contributed by atoms with Crippen LogP contribution in [0.25, 0.3) is 10.9 Å². The highest BCUT2D eigenvalue weighted by atomic mass is 16.4. The fraction of sp³-hybridized carbons (Fsp3) is 0.438. The van der Waals surface area contributed by atoms with Crippen LogP contribution in [0.5, 0.6) is 0 Å². The number of rotatable bonds is 4. The van der Waals surface area contributed by atoms with Crippen LogP contribution in [0.15, 0.2) is 18.5 Å². The van der Waals surface area contributed by atoms with Gasteiger partial charge in [0.25, 0.3) is 0 Å². The summed E-state index contributed by atoms with van der Waals surface area (Å²) in [5, 5.41) is 14.2. The van der Waals surface area contributed by atoms with E-state index < -0.39 is 12.0 Å². The van der Waals surface area contributed by atoms with Gasteiger partial charge in [-0.1, -0.05) is 0 Å². The van der Waals surface area contributed by atoms with Gasteiger partial charge in [-0.05, 0) is 24.8 Å². The summed E-state index contributed by atoms with van der Waals surface area (Å²) < 4.78 is 1.44. The van der Waals surface area contributed by atoms with E-state index in [4.69, 9.17) is 0 Å². The van der Waals surface area contributed by atoms with Gasteiger partial charge >= 0.3 is 5.97 Å². The molecule has 1 N–H and O–H groups in total. The number of hydrogen-bond acceptors (Lipinski definition) is 5. The molecule has 124 valence electrons. The van der Waals surface area contributed by atoms with Crippen LogP contribution < -0.4 is 0 Å². The van der Waals surface area contributed by atoms with E-state index in [1.807, 2.05) is 0 Å². The molecular weight excluding hydrogens is 312 g/mol. The number of Topliss-reactive ketones (excluding diaryl/α,β-unsaturated/α-hetero) is 1. The molecular formula is C16H16N4O4. The monoisotopic (exact) mass is 328 g/mol. The van der Waals surface area contributed by atoms with Crippen molar-refractivity contribution in [3.05, 3.63) is 24.2 Å². The lowest BCUT2D eigenvalue weighted by atomic mass is 10.1. The van der Waals surface area contributed by atoms with Gasteiger partial charge in [0, 0.05) is 24.5 Å². The Morgan fingerprint density at radius 2 is 2.12 bits per heavy atom. The molecule has 4 rings (SSSR count). The van der Waals surface area contributed by atoms with Gasteiger partial charge in [0.2, 0.25) is 5.91 Å². The van der Waals surface area contributed by atoms with Crippen molar-refractivity contribution in [3.8, 4) is 0 Å². The molecule has 0 spiro atoms. The first-order valence-electron chi connectivity index (χ1n) is 7.83. The molecule has 2 fully saturated rings. The molecule has 1 aliphatic heterocycles. The average Bonchev–Trinajstić information content (AvgIpc) is 3.04. The minimum Gasteiger partial charge on any atom is -0.480 e. The second kappa shape index (κ2) is 5.12. The maximum Gasteiger partial charge on any atom is 0.326 e. The molecule has 1 saturated carbocycles. The summed E-state index contributed by atoms with van der Waals surface area (Å²) in [4.78, 5) is 41.3. The third-order valence-electron chi connectivity index (χ3n) is 4.85. The summed E-state index contributed by atoms with van der Waals surface area (Å²) in [6, 6.07) is 0.965. The van der Waals surface area contributed by atoms with E-state index in [1.165, 1.54) is 16.5 Å². The number of aromatic nitrogens is 3. The molecule has 0 unspecified atom stereocenters. The van der Waals surface area contributed by atoms with Crippen molar-refractivity contribution in [2.75, 3.05) is 0 Å². The Labute approximate surface area is 137 Å². The number of hydrogen-bond donors (Lipinski definition) is 1. The summed E-state index contributed by atoms with van der Waals surface area (Å²) in [5.74, 6) is -1.13. The maximum absolute atomic E-state index is 12.7. The highest BCUT2D eigenvalue weighted by Gasteiger charge is 2.56. The Kier molecular flexibility index (Phi) is 3.16. The van der Waals surface area contributed by atoms with E-state index in [1.54, 1.807) is 18.5 Å². The summed E-state index contributed by atoms with van der Waals surface area (Å²) in [7, 11) is 0. The fourth-order valence-corrected chi connectivity index (χ4v) is 3.65. The molecule has 8 heteroatoms. The molecule has 0 bridgehead atoms. The number of fused-ring (bicyclic) bond motifs is 2. The zero-order valence-corrected chi connectivity index (χ0v) is 13.0. The number of aliphatic carboxylic acids is 1. The van der Waals surface area contributed by atoms with Gasteiger partial charge in [0.1, 0.15) is 18.3 Å². The van der Waals surface area contributed by atoms with Crippen LogP contribution in [-0.2, 0) is 16.1 Å². The van der Waals surface area contributed by atoms with Gasteiger partial charge in [0.15, 0.2) is 5.78 Å². The smallest absolute Gasteiger partial charge is 0.326 e. The number of carbonyl (C=O) groups is 3. The molecule has 8 nitrogen and oxygen atoms in total. The van der Waals surface area contributed by atoms with E-state index in [0.29, 0.717) is 28.9 Å². The molecule has 3 atom stereocenters. The molecule has 2 aliphatic rings. The molecule has 24 heavy (non-hydrogen) atoms. The van der Waals surface area contributed by atoms with Gasteiger partial charge in [-0.15, -0.1) is 0 Å². The number of nitrogens with zero attached hydrogens (tertiary/aromatic N) is 4. The van der Waals surface area contributed by atoms with Gasteiger partial charge < -0.3 is 10.0 Å². The molecule has 1 aliphatic carbocycles. The summed E-state index contributed by atoms with van der Waals surface area (Å²) >= 11 is 0. The Hall–Kier alpha value is -2.77. The number of likely N-dealkylation sites (tertiary alicyclic amines) is 1. The van der Waals surface area contributed by atoms with Crippen LogP contribution in [0.2, 0.25) is 0 Å². The van der Waals surface area contributed by atoms with E-state index in [2.05, 4.69) is 10.1 Å². The Morgan fingerprint density at radius 1 is 1.33 bits per heavy atom. The Balaban J connectivity index is 1.66. The number of piperidine rings is 1. The number of pyridine rings is 1. The zero-order valence-electron chi connectivity index (χ0n) is 13.0. The highest BCUT2D eigenvalue weighted by Crippen LogP contribution is 2.47. The van der Waals surface area contributed by atoms with Gasteiger partial charge in [0.05, 0.1) is 11.7 Å². The van der Waals surface area contributed by atoms with Gasteiger partial charge in [-0.3, -0.25) is 19.3 Å². The van der Waals surface area contributed by atoms with E-state index in [-0.39, 0.29) is 24.3 Å². The van der Waals surface area contributed by atoms with Crippen LogP contribution in [0.4, 0.5) is 0 Å². The molecule has 0 radical (unpaired) electrons. The molecule has 1 saturated heterocycles. The first-order valence-corrected chi connectivity index (χ1v) is 7.83. The summed E-state index contributed by atoms with van der Waals surface area (Å²) in [5.41, 5.74) is 0.884. The molecule has 0 aromatic carbocycles. The third-order valence-corrected chi connectivity index (χ3v) is 4.85. The molecule has 3 heterocycles. The number of carboxylic acid groups (broad SMARTS) is 1. The maximum atomic E-state index is 12.7. The normalized spacial score (nSPS) is 24.9. The molecule has 2 aromatic heterocycles. The second-order valence-corrected chi connectivity index (χ2v) is 6.41. The zero-order chi connectivity index (χ0) is 17.0. The summed E-state index contributed by atoms with van der Waals surface area (Å²) in [6.07, 6.45) is 4.51. The molecule has 2 aromatic rings. The van der Waals surface area contributed by atoms with Crippen molar-refractivity contribution in [2.45, 2.75) is 38.4 Å². The number of ketones is 1. The van der Waals surface area contributed by atoms with Crippen LogP contribution in [0.1, 0.15) is 30.3 Å². The van der Waals surface area contributed by atoms with Crippen molar-refractivity contribution in [1.82, 2.24) is 19.7 Å². The van der Waals surface area contributed by atoms with Gasteiger partial charge in [-0.25, -0.2) is 4.79 Å². The van der Waals surface area contributed by atoms with Crippen LogP contribution in [0, 0.1) is 5.92 Å². The first kappa shape index (κ1) is 14.8. The second-order valence-electron chi connectivity index (χ2n) is 6.41. The van der Waals surface area contributed by atoms with Crippen LogP contribution in [0.3, 0.4) is 0 Å². The lowest BCUT2D eigenvalue weighted by molar-refractivity contribution is -0.149. The predicted molar refractivity (Wildman–Crippen MR) is 82.3 cm³/mol. The van der Waals surface area contributed by atoms with Crippen molar-refractivity contribution >= 4 is 28.6 Å². The van der Waals surface area contributed by atoms with Crippen molar-refractivity contribution in [3.63, 3.8) is 0 Å². The quantitative estimate of drug-likeness (QED) is 0.829. The lowest BCUT2D eigenvalue weighted by Gasteiger charge is -2.24. The fourth-order valence-electron chi connectivity index (χ4n) is 3.65. The lowest BCUT2D eigenvalue weighted by Crippen LogP contribution is -2.44. The SMILES string of the molecule is CC(=O)c1nn(CC(=O)N2[C@H](C(=O)O)C[C@@H]3C[C@@H]32)c2cnccc12. The van der Waals surface area contributed by atoms with Crippen molar-refractivity contribution < 1.29 is 19.5 Å². The van der Waals surface area contributed by atoms with E-state index in [9.17, 15) is 19.5 Å². The standard InChI is InChI=1S/C16H16N4O4/c1-8(21)15-10-2-3-17-6-13(10)19(18-15)7-14(22)20-11-4-9(11)5-12(20)16(23)24/h2-3,6,9,11-12H,4-5,7H2,1H3,(H,23,24)/t9-,11-,12-/m0/s1. The van der Waals surface area contributed by atoms with E-state index in [0.717, 1.165) is 6.42 Å². The number of carbonyl (C=O) groups excluding carboxylic acids is 2. The van der Waals surface area contributed by atoms with E-state index >= 15 is 0 Å². The molecule has 1 amide bonds. The van der Waals surface area contributed by atoms with Crippen molar-refractivity contribution in [1.29, 1.82) is 0 Å². The average molecular weight is 328 g/mol. The minimum atomic E-state index is -0.966. The van der Waals surface area contributed by atoms with Crippen molar-refractivity contribution in [2.24, 2.45) is 5.92 Å². The number of carboxylic acids is 1. The minimum absolute atomic E-state index is 0.0332.